The number of nitrogens with one attached hydrogen (secondary N) is 1. The van der Waals surface area contributed by atoms with Crippen LogP contribution in [0.1, 0.15) is 13.8 Å². The summed E-state index contributed by atoms with van der Waals surface area (Å²) >= 11 is 0. The molecule has 2 heteroatoms. The van der Waals surface area contributed by atoms with Crippen LogP contribution >= 0.6 is 0 Å². The van der Waals surface area contributed by atoms with Gasteiger partial charge in [-0.1, -0.05) is 6.58 Å². The molecule has 0 unspecified atom stereocenters. The molecule has 0 saturated carbocycles. The van der Waals surface area contributed by atoms with Crippen LogP contribution in [0.15, 0.2) is 29.4 Å². The summed E-state index contributed by atoms with van der Waals surface area (Å²) in [4.78, 5) is 3.87. The van der Waals surface area contributed by atoms with E-state index in [1.54, 1.807) is 12.4 Å². The number of aliphatic imine (C=N–C) groups is 1. The summed E-state index contributed by atoms with van der Waals surface area (Å²) in [5.74, 6) is 0. The summed E-state index contributed by atoms with van der Waals surface area (Å²) in [7, 11) is 0. The fourth-order valence-corrected chi connectivity index (χ4v) is 0.417. The molecule has 2 nitrogen and oxygen atoms in total. The first kappa shape index (κ1) is 8.82. The van der Waals surface area contributed by atoms with Gasteiger partial charge in [-0.25, -0.2) is 0 Å². The van der Waals surface area contributed by atoms with Gasteiger partial charge in [0.1, 0.15) is 0 Å². The largest absolute Gasteiger partial charge is 0.301 e. The van der Waals surface area contributed by atoms with Crippen molar-refractivity contribution in [3.63, 3.8) is 0 Å². The van der Waals surface area contributed by atoms with Crippen LogP contribution in [-0.2, 0) is 0 Å². The van der Waals surface area contributed by atoms with E-state index in [4.69, 9.17) is 5.41 Å². The zero-order valence-electron chi connectivity index (χ0n) is 6.39. The maximum absolute atomic E-state index is 7.26. The first-order valence-electron chi connectivity index (χ1n) is 3.08. The highest BCUT2D eigenvalue weighted by Gasteiger charge is 1.89. The molecule has 0 aliphatic heterocycles. The van der Waals surface area contributed by atoms with Crippen LogP contribution in [0.3, 0.4) is 0 Å². The average molecular weight is 136 g/mol. The normalized spacial score (nSPS) is 12.0. The number of hydrogen-bond acceptors (Lipinski definition) is 2. The van der Waals surface area contributed by atoms with Gasteiger partial charge in [-0.2, -0.15) is 0 Å². The minimum Gasteiger partial charge on any atom is -0.301 e. The Morgan fingerprint density at radius 3 is 2.60 bits per heavy atom. The number of allylic oxidation sites excluding steroid dienone is 2. The third-order valence-electron chi connectivity index (χ3n) is 1.05. The van der Waals surface area contributed by atoms with E-state index < -0.39 is 0 Å². The molecule has 1 N–H and O–H groups in total. The smallest absolute Gasteiger partial charge is 0.0578 e. The van der Waals surface area contributed by atoms with Crippen molar-refractivity contribution < 1.29 is 0 Å². The topological polar surface area (TPSA) is 36.2 Å². The zero-order valence-corrected chi connectivity index (χ0v) is 6.39. The van der Waals surface area contributed by atoms with Crippen LogP contribution in [0.2, 0.25) is 0 Å². The molecule has 0 aliphatic rings. The predicted octanol–water partition coefficient (Wildman–Crippen LogP) is 2.19. The Morgan fingerprint density at radius 1 is 1.60 bits per heavy atom. The summed E-state index contributed by atoms with van der Waals surface area (Å²) in [6.45, 7) is 7.14. The SMILES string of the molecule is C=CC(=N)/C(C)=C/N=C\C. The monoisotopic (exact) mass is 136 g/mol. The summed E-state index contributed by atoms with van der Waals surface area (Å²) in [6, 6.07) is 0. The van der Waals surface area contributed by atoms with Gasteiger partial charge in [0, 0.05) is 12.4 Å². The van der Waals surface area contributed by atoms with E-state index in [2.05, 4.69) is 11.6 Å². The molecule has 0 spiro atoms. The zero-order chi connectivity index (χ0) is 7.98. The summed E-state index contributed by atoms with van der Waals surface area (Å²) < 4.78 is 0. The second-order valence-electron chi connectivity index (χ2n) is 1.84. The molecule has 54 valence electrons. The van der Waals surface area contributed by atoms with Gasteiger partial charge in [-0.05, 0) is 25.5 Å². The summed E-state index contributed by atoms with van der Waals surface area (Å²) in [6.07, 6.45) is 4.82. The van der Waals surface area contributed by atoms with Gasteiger partial charge >= 0.3 is 0 Å². The number of rotatable bonds is 3. The van der Waals surface area contributed by atoms with Gasteiger partial charge in [0.2, 0.25) is 0 Å². The molecule has 0 aromatic heterocycles. The van der Waals surface area contributed by atoms with Gasteiger partial charge in [0.05, 0.1) is 5.71 Å². The predicted molar refractivity (Wildman–Crippen MR) is 45.8 cm³/mol. The molecule has 0 aromatic rings. The molecule has 0 saturated heterocycles. The molecule has 0 amide bonds. The second-order valence-corrected chi connectivity index (χ2v) is 1.84. The highest BCUT2D eigenvalue weighted by atomic mass is 14.7. The van der Waals surface area contributed by atoms with Crippen LogP contribution in [-0.4, -0.2) is 11.9 Å². The Bertz CT molecular complexity index is 187. The molecule has 0 aliphatic carbocycles. The summed E-state index contributed by atoms with van der Waals surface area (Å²) in [5, 5.41) is 7.26. The van der Waals surface area contributed by atoms with Crippen molar-refractivity contribution in [1.29, 1.82) is 5.41 Å². The van der Waals surface area contributed by atoms with Gasteiger partial charge in [-0.3, -0.25) is 4.99 Å². The lowest BCUT2D eigenvalue weighted by Crippen LogP contribution is -1.90. The lowest BCUT2D eigenvalue weighted by molar-refractivity contribution is 1.41. The fraction of sp³-hybridized carbons (Fsp3) is 0.250. The molecule has 10 heavy (non-hydrogen) atoms. The Labute approximate surface area is 61.5 Å². The molecular formula is C8H12N2. The van der Waals surface area contributed by atoms with Crippen LogP contribution < -0.4 is 0 Å². The van der Waals surface area contributed by atoms with Crippen LogP contribution in [0.25, 0.3) is 0 Å². The van der Waals surface area contributed by atoms with Crippen molar-refractivity contribution >= 4 is 11.9 Å². The molecular weight excluding hydrogens is 124 g/mol. The van der Waals surface area contributed by atoms with Crippen LogP contribution in [0.4, 0.5) is 0 Å². The quantitative estimate of drug-likeness (QED) is 0.577. The van der Waals surface area contributed by atoms with Gasteiger partial charge in [0.15, 0.2) is 0 Å². The first-order chi connectivity index (χ1) is 4.72. The molecule has 0 aromatic carbocycles. The summed E-state index contributed by atoms with van der Waals surface area (Å²) in [5.41, 5.74) is 1.25. The Kier molecular flexibility index (Phi) is 4.12. The molecule has 0 rings (SSSR count). The standard InChI is InChI=1S/C8H12N2/c1-4-8(9)7(3)6-10-5-2/h4-6,9H,1H2,2-3H3/b7-6+,9-8?,10-5-. The van der Waals surface area contributed by atoms with E-state index in [0.29, 0.717) is 5.71 Å². The van der Waals surface area contributed by atoms with Crippen molar-refractivity contribution in [3.05, 3.63) is 24.4 Å². The van der Waals surface area contributed by atoms with Crippen LogP contribution in [0.5, 0.6) is 0 Å². The Hall–Kier alpha value is -1.18. The van der Waals surface area contributed by atoms with E-state index in [9.17, 15) is 0 Å². The first-order valence-corrected chi connectivity index (χ1v) is 3.08. The van der Waals surface area contributed by atoms with E-state index in [1.807, 2.05) is 13.8 Å². The third kappa shape index (κ3) is 2.97. The van der Waals surface area contributed by atoms with Gasteiger partial charge in [0.25, 0.3) is 0 Å². The molecule has 0 radical (unpaired) electrons. The number of nitrogens with zero attached hydrogens (tertiary/aromatic N) is 1. The lowest BCUT2D eigenvalue weighted by atomic mass is 10.2. The van der Waals surface area contributed by atoms with E-state index in [-0.39, 0.29) is 0 Å². The maximum atomic E-state index is 7.26. The Morgan fingerprint density at radius 2 is 2.20 bits per heavy atom. The highest BCUT2D eigenvalue weighted by molar-refractivity contribution is 6.05. The minimum absolute atomic E-state index is 0.422. The molecule has 0 bridgehead atoms. The molecule has 0 atom stereocenters. The second kappa shape index (κ2) is 4.68. The van der Waals surface area contributed by atoms with Gasteiger partial charge in [-0.15, -0.1) is 0 Å². The van der Waals surface area contributed by atoms with Crippen LogP contribution in [0, 0.1) is 5.41 Å². The maximum Gasteiger partial charge on any atom is 0.0578 e. The third-order valence-corrected chi connectivity index (χ3v) is 1.05. The molecule has 0 heterocycles. The highest BCUT2D eigenvalue weighted by Crippen LogP contribution is 1.95. The minimum atomic E-state index is 0.422. The van der Waals surface area contributed by atoms with Crippen molar-refractivity contribution in [3.8, 4) is 0 Å². The van der Waals surface area contributed by atoms with Gasteiger partial charge < -0.3 is 5.41 Å². The van der Waals surface area contributed by atoms with Crippen molar-refractivity contribution in [2.45, 2.75) is 13.8 Å². The average Bonchev–Trinajstić information content (AvgIpc) is 1.98. The van der Waals surface area contributed by atoms with E-state index >= 15 is 0 Å². The van der Waals surface area contributed by atoms with Crippen molar-refractivity contribution in [2.24, 2.45) is 4.99 Å². The van der Waals surface area contributed by atoms with Crippen molar-refractivity contribution in [1.82, 2.24) is 0 Å². The lowest BCUT2D eigenvalue weighted by Gasteiger charge is -1.92. The van der Waals surface area contributed by atoms with E-state index in [1.165, 1.54) is 6.08 Å². The fourth-order valence-electron chi connectivity index (χ4n) is 0.417. The molecule has 0 fully saturated rings. The Balaban J connectivity index is 4.18. The van der Waals surface area contributed by atoms with E-state index in [0.717, 1.165) is 5.57 Å². The van der Waals surface area contributed by atoms with Crippen molar-refractivity contribution in [2.75, 3.05) is 0 Å². The number of hydrogen-bond donors (Lipinski definition) is 1.